The molecule has 1 atom stereocenters. The van der Waals surface area contributed by atoms with Crippen LogP contribution in [0.2, 0.25) is 0 Å². The lowest BCUT2D eigenvalue weighted by Gasteiger charge is -2.30. The molecule has 0 spiro atoms. The Labute approximate surface area is 114 Å². The van der Waals surface area contributed by atoms with E-state index in [0.29, 0.717) is 18.4 Å². The summed E-state index contributed by atoms with van der Waals surface area (Å²) in [5, 5.41) is 7.51. The molecule has 5 nitrogen and oxygen atoms in total. The Hall–Kier alpha value is -0.940. The van der Waals surface area contributed by atoms with Gasteiger partial charge in [0.05, 0.1) is 0 Å². The lowest BCUT2D eigenvalue weighted by atomic mass is 9.89. The number of rotatable bonds is 5. The molecule has 3 rings (SSSR count). The fraction of sp³-hybridized carbons (Fsp3) is 0.857. The third-order valence-electron chi connectivity index (χ3n) is 4.59. The Morgan fingerprint density at radius 2 is 2.16 bits per heavy atom. The van der Waals surface area contributed by atoms with Gasteiger partial charge in [0.1, 0.15) is 5.60 Å². The molecule has 2 heterocycles. The molecule has 0 amide bonds. The van der Waals surface area contributed by atoms with E-state index in [2.05, 4.69) is 22.4 Å². The highest BCUT2D eigenvalue weighted by atomic mass is 16.5. The first-order chi connectivity index (χ1) is 9.25. The van der Waals surface area contributed by atoms with Crippen LogP contribution in [0.1, 0.15) is 57.2 Å². The Morgan fingerprint density at radius 3 is 2.74 bits per heavy atom. The number of hydrogen-bond acceptors (Lipinski definition) is 5. The standard InChI is InChI=1S/C14H23N3O2/c1-3-18-14(6-4-5-7-14)13-16-12(19-17-13)10(2)11-8-15-9-11/h10-11,15H,3-9H2,1-2H3. The van der Waals surface area contributed by atoms with Gasteiger partial charge in [-0.3, -0.25) is 0 Å². The molecule has 0 aromatic carbocycles. The van der Waals surface area contributed by atoms with Crippen LogP contribution in [0.15, 0.2) is 4.52 Å². The molecule has 2 fully saturated rings. The van der Waals surface area contributed by atoms with Gasteiger partial charge in [0.25, 0.3) is 0 Å². The molecule has 1 aromatic heterocycles. The van der Waals surface area contributed by atoms with Crippen molar-refractivity contribution in [3.05, 3.63) is 11.7 Å². The van der Waals surface area contributed by atoms with Crippen LogP contribution in [0.4, 0.5) is 0 Å². The van der Waals surface area contributed by atoms with E-state index in [4.69, 9.17) is 9.26 Å². The van der Waals surface area contributed by atoms with E-state index in [0.717, 1.165) is 37.6 Å². The van der Waals surface area contributed by atoms with E-state index >= 15 is 0 Å². The number of nitrogens with zero attached hydrogens (tertiary/aromatic N) is 2. The van der Waals surface area contributed by atoms with Crippen LogP contribution < -0.4 is 5.32 Å². The second-order valence-corrected chi connectivity index (χ2v) is 5.80. The Balaban J connectivity index is 1.79. The van der Waals surface area contributed by atoms with Crippen molar-refractivity contribution >= 4 is 0 Å². The van der Waals surface area contributed by atoms with Gasteiger partial charge in [-0.1, -0.05) is 12.1 Å². The number of nitrogens with one attached hydrogen (secondary N) is 1. The molecule has 1 unspecified atom stereocenters. The Kier molecular flexibility index (Phi) is 3.58. The van der Waals surface area contributed by atoms with Crippen molar-refractivity contribution in [1.82, 2.24) is 15.5 Å². The smallest absolute Gasteiger partial charge is 0.229 e. The molecule has 106 valence electrons. The van der Waals surface area contributed by atoms with Crippen molar-refractivity contribution in [3.8, 4) is 0 Å². The summed E-state index contributed by atoms with van der Waals surface area (Å²) in [6.07, 6.45) is 4.40. The predicted octanol–water partition coefficient (Wildman–Crippen LogP) is 2.20. The van der Waals surface area contributed by atoms with Gasteiger partial charge >= 0.3 is 0 Å². The topological polar surface area (TPSA) is 60.2 Å². The molecule has 1 N–H and O–H groups in total. The van der Waals surface area contributed by atoms with Crippen LogP contribution in [-0.2, 0) is 10.3 Å². The largest absolute Gasteiger partial charge is 0.367 e. The van der Waals surface area contributed by atoms with Crippen molar-refractivity contribution in [2.45, 2.75) is 51.0 Å². The minimum Gasteiger partial charge on any atom is -0.367 e. The molecular formula is C14H23N3O2. The van der Waals surface area contributed by atoms with Crippen LogP contribution in [0, 0.1) is 5.92 Å². The van der Waals surface area contributed by atoms with E-state index in [1.807, 2.05) is 6.92 Å². The molecule has 0 radical (unpaired) electrons. The SMILES string of the molecule is CCOC1(c2noc(C(C)C3CNC3)n2)CCCC1. The van der Waals surface area contributed by atoms with Gasteiger partial charge in [0, 0.05) is 12.5 Å². The van der Waals surface area contributed by atoms with Gasteiger partial charge in [-0.05, 0) is 51.6 Å². The molecule has 1 aliphatic heterocycles. The first kappa shape index (κ1) is 13.1. The lowest BCUT2D eigenvalue weighted by molar-refractivity contribution is -0.0469. The van der Waals surface area contributed by atoms with E-state index in [1.165, 1.54) is 12.8 Å². The molecule has 0 bridgehead atoms. The van der Waals surface area contributed by atoms with Gasteiger partial charge in [-0.25, -0.2) is 0 Å². The maximum absolute atomic E-state index is 5.97. The van der Waals surface area contributed by atoms with Gasteiger partial charge in [-0.2, -0.15) is 4.98 Å². The van der Waals surface area contributed by atoms with E-state index in [-0.39, 0.29) is 5.60 Å². The molecule has 2 aliphatic rings. The van der Waals surface area contributed by atoms with Crippen LogP contribution >= 0.6 is 0 Å². The van der Waals surface area contributed by atoms with Crippen LogP contribution in [-0.4, -0.2) is 29.8 Å². The minimum absolute atomic E-state index is 0.284. The second kappa shape index (κ2) is 5.21. The first-order valence-corrected chi connectivity index (χ1v) is 7.44. The maximum Gasteiger partial charge on any atom is 0.229 e. The Bertz CT molecular complexity index is 422. The summed E-state index contributed by atoms with van der Waals surface area (Å²) >= 11 is 0. The summed E-state index contributed by atoms with van der Waals surface area (Å²) in [6.45, 7) is 7.01. The lowest BCUT2D eigenvalue weighted by Crippen LogP contribution is -2.44. The molecule has 19 heavy (non-hydrogen) atoms. The summed E-state index contributed by atoms with van der Waals surface area (Å²) < 4.78 is 11.5. The van der Waals surface area contributed by atoms with E-state index in [1.54, 1.807) is 0 Å². The predicted molar refractivity (Wildman–Crippen MR) is 70.8 cm³/mol. The van der Waals surface area contributed by atoms with Crippen LogP contribution in [0.25, 0.3) is 0 Å². The molecule has 1 aliphatic carbocycles. The quantitative estimate of drug-likeness (QED) is 0.884. The highest BCUT2D eigenvalue weighted by molar-refractivity contribution is 5.07. The highest BCUT2D eigenvalue weighted by Gasteiger charge is 2.41. The van der Waals surface area contributed by atoms with Crippen molar-refractivity contribution < 1.29 is 9.26 Å². The highest BCUT2D eigenvalue weighted by Crippen LogP contribution is 2.41. The molecule has 5 heteroatoms. The summed E-state index contributed by atoms with van der Waals surface area (Å²) in [4.78, 5) is 4.66. The molecule has 1 saturated carbocycles. The van der Waals surface area contributed by atoms with Crippen molar-refractivity contribution in [3.63, 3.8) is 0 Å². The second-order valence-electron chi connectivity index (χ2n) is 5.80. The van der Waals surface area contributed by atoms with Crippen LogP contribution in [0.3, 0.4) is 0 Å². The van der Waals surface area contributed by atoms with Gasteiger partial charge in [0.2, 0.25) is 11.7 Å². The van der Waals surface area contributed by atoms with Crippen molar-refractivity contribution in [2.75, 3.05) is 19.7 Å². The summed E-state index contributed by atoms with van der Waals surface area (Å²) in [5.74, 6) is 2.50. The number of ether oxygens (including phenoxy) is 1. The monoisotopic (exact) mass is 265 g/mol. The average molecular weight is 265 g/mol. The third-order valence-corrected chi connectivity index (χ3v) is 4.59. The summed E-state index contributed by atoms with van der Waals surface area (Å²) in [7, 11) is 0. The van der Waals surface area contributed by atoms with Gasteiger partial charge < -0.3 is 14.6 Å². The molecular weight excluding hydrogens is 242 g/mol. The molecule has 1 saturated heterocycles. The van der Waals surface area contributed by atoms with Gasteiger partial charge in [-0.15, -0.1) is 0 Å². The van der Waals surface area contributed by atoms with Crippen LogP contribution in [0.5, 0.6) is 0 Å². The number of hydrogen-bond donors (Lipinski definition) is 1. The average Bonchev–Trinajstić information content (AvgIpc) is 2.95. The van der Waals surface area contributed by atoms with Crippen molar-refractivity contribution in [1.29, 1.82) is 0 Å². The van der Waals surface area contributed by atoms with Gasteiger partial charge in [0.15, 0.2) is 0 Å². The number of aromatic nitrogens is 2. The fourth-order valence-corrected chi connectivity index (χ4v) is 3.13. The summed E-state index contributed by atoms with van der Waals surface area (Å²) in [5.41, 5.74) is -0.284. The van der Waals surface area contributed by atoms with Crippen molar-refractivity contribution in [2.24, 2.45) is 5.92 Å². The zero-order valence-electron chi connectivity index (χ0n) is 11.8. The fourth-order valence-electron chi connectivity index (χ4n) is 3.13. The van der Waals surface area contributed by atoms with E-state index in [9.17, 15) is 0 Å². The maximum atomic E-state index is 5.97. The van der Waals surface area contributed by atoms with E-state index < -0.39 is 0 Å². The zero-order chi connectivity index (χ0) is 13.3. The summed E-state index contributed by atoms with van der Waals surface area (Å²) in [6, 6.07) is 0. The first-order valence-electron chi connectivity index (χ1n) is 7.44. The normalized spacial score (nSPS) is 24.3. The third kappa shape index (κ3) is 2.30. The minimum atomic E-state index is -0.284. The zero-order valence-corrected chi connectivity index (χ0v) is 11.8. The Morgan fingerprint density at radius 1 is 1.42 bits per heavy atom. The molecule has 1 aromatic rings.